The van der Waals surface area contributed by atoms with E-state index in [4.69, 9.17) is 0 Å². The maximum absolute atomic E-state index is 10.6. The molecule has 2 aromatic rings. The van der Waals surface area contributed by atoms with E-state index in [1.807, 2.05) is 0 Å². The third-order valence-corrected chi connectivity index (χ3v) is 2.11. The fourth-order valence-electron chi connectivity index (χ4n) is 0.954. The molecule has 0 saturated carbocycles. The van der Waals surface area contributed by atoms with E-state index in [2.05, 4.69) is 15.2 Å². The number of hydrogen-bond acceptors (Lipinski definition) is 4. The number of aromatic amines is 1. The number of nitrogens with zero attached hydrogens (tertiary/aromatic N) is 2. The van der Waals surface area contributed by atoms with Crippen molar-refractivity contribution in [3.05, 3.63) is 18.3 Å². The van der Waals surface area contributed by atoms with Gasteiger partial charge in [0.15, 0.2) is 5.65 Å². The summed E-state index contributed by atoms with van der Waals surface area (Å²) in [6.45, 7) is 0. The average Bonchev–Trinajstić information content (AvgIpc) is 2.47. The van der Waals surface area contributed by atoms with Crippen LogP contribution in [0.4, 0.5) is 0 Å². The Morgan fingerprint density at radius 3 is 3.17 bits per heavy atom. The zero-order chi connectivity index (χ0) is 8.55. The third kappa shape index (κ3) is 1.01. The number of H-pyrrole nitrogens is 1. The van der Waals surface area contributed by atoms with Gasteiger partial charge in [0.1, 0.15) is 5.03 Å². The third-order valence-electron chi connectivity index (χ3n) is 1.46. The molecule has 0 radical (unpaired) electrons. The Labute approximate surface area is 70.1 Å². The summed E-state index contributed by atoms with van der Waals surface area (Å²) in [5, 5.41) is 6.70. The number of nitrogens with one attached hydrogen (secondary N) is 1. The van der Waals surface area contributed by atoms with Crippen LogP contribution in [-0.4, -0.2) is 23.9 Å². The molecular formula is C6H4N3O2S-. The number of aromatic nitrogens is 3. The number of pyridine rings is 1. The highest BCUT2D eigenvalue weighted by Gasteiger charge is 2.04. The molecule has 0 saturated heterocycles. The molecular weight excluding hydrogens is 178 g/mol. The molecule has 1 N–H and O–H groups in total. The molecule has 0 aliphatic carbocycles. The van der Waals surface area contributed by atoms with Gasteiger partial charge in [-0.15, -0.1) is 0 Å². The Hall–Kier alpha value is -1.27. The summed E-state index contributed by atoms with van der Waals surface area (Å²) in [5.41, 5.74) is 0.414. The van der Waals surface area contributed by atoms with Crippen molar-refractivity contribution in [2.45, 2.75) is 5.03 Å². The molecule has 0 fully saturated rings. The molecule has 0 amide bonds. The highest BCUT2D eigenvalue weighted by Crippen LogP contribution is 2.14. The molecule has 2 heterocycles. The van der Waals surface area contributed by atoms with Crippen molar-refractivity contribution in [3.63, 3.8) is 0 Å². The lowest BCUT2D eigenvalue weighted by Gasteiger charge is -1.99. The minimum atomic E-state index is -2.28. The van der Waals surface area contributed by atoms with E-state index >= 15 is 0 Å². The lowest BCUT2D eigenvalue weighted by molar-refractivity contribution is 0.534. The highest BCUT2D eigenvalue weighted by molar-refractivity contribution is 7.79. The zero-order valence-electron chi connectivity index (χ0n) is 5.85. The van der Waals surface area contributed by atoms with Gasteiger partial charge in [0.2, 0.25) is 0 Å². The molecule has 1 atom stereocenters. The summed E-state index contributed by atoms with van der Waals surface area (Å²) in [7, 11) is 0. The zero-order valence-corrected chi connectivity index (χ0v) is 6.67. The molecule has 62 valence electrons. The lowest BCUT2D eigenvalue weighted by atomic mass is 10.4. The average molecular weight is 182 g/mol. The van der Waals surface area contributed by atoms with Crippen LogP contribution in [0.1, 0.15) is 0 Å². The first-order valence-electron chi connectivity index (χ1n) is 3.17. The van der Waals surface area contributed by atoms with Gasteiger partial charge in [-0.3, -0.25) is 9.31 Å². The van der Waals surface area contributed by atoms with Gasteiger partial charge in [0, 0.05) is 6.20 Å². The quantitative estimate of drug-likeness (QED) is 0.638. The second-order valence-corrected chi connectivity index (χ2v) is 3.04. The molecule has 1 unspecified atom stereocenters. The Morgan fingerprint density at radius 2 is 2.42 bits per heavy atom. The van der Waals surface area contributed by atoms with Crippen LogP contribution in [0.5, 0.6) is 0 Å². The van der Waals surface area contributed by atoms with Gasteiger partial charge < -0.3 is 4.55 Å². The van der Waals surface area contributed by atoms with Gasteiger partial charge in [-0.25, -0.2) is 4.98 Å². The van der Waals surface area contributed by atoms with Crippen molar-refractivity contribution in [1.82, 2.24) is 15.2 Å². The van der Waals surface area contributed by atoms with Gasteiger partial charge in [-0.1, -0.05) is 0 Å². The number of hydrogen-bond donors (Lipinski definition) is 1. The van der Waals surface area contributed by atoms with E-state index in [-0.39, 0.29) is 5.03 Å². The predicted molar refractivity (Wildman–Crippen MR) is 41.1 cm³/mol. The minimum Gasteiger partial charge on any atom is -0.767 e. The molecule has 6 heteroatoms. The summed E-state index contributed by atoms with van der Waals surface area (Å²) < 4.78 is 21.2. The van der Waals surface area contributed by atoms with E-state index in [0.717, 1.165) is 0 Å². The smallest absolute Gasteiger partial charge is 0.182 e. The summed E-state index contributed by atoms with van der Waals surface area (Å²) >= 11 is -2.28. The van der Waals surface area contributed by atoms with Crippen LogP contribution in [0.15, 0.2) is 23.4 Å². The van der Waals surface area contributed by atoms with Gasteiger partial charge in [0.25, 0.3) is 0 Å². The van der Waals surface area contributed by atoms with Crippen LogP contribution < -0.4 is 0 Å². The summed E-state index contributed by atoms with van der Waals surface area (Å²) in [6, 6.07) is 3.31. The van der Waals surface area contributed by atoms with Crippen molar-refractivity contribution >= 4 is 22.1 Å². The van der Waals surface area contributed by atoms with Gasteiger partial charge in [-0.05, 0) is 23.2 Å². The van der Waals surface area contributed by atoms with E-state index in [1.54, 1.807) is 18.3 Å². The van der Waals surface area contributed by atoms with Crippen molar-refractivity contribution in [2.24, 2.45) is 0 Å². The molecule has 0 spiro atoms. The topological polar surface area (TPSA) is 81.7 Å². The van der Waals surface area contributed by atoms with Crippen LogP contribution in [0.3, 0.4) is 0 Å². The van der Waals surface area contributed by atoms with Crippen LogP contribution in [0.2, 0.25) is 0 Å². The van der Waals surface area contributed by atoms with Crippen molar-refractivity contribution in [3.8, 4) is 0 Å². The first-order chi connectivity index (χ1) is 5.79. The minimum absolute atomic E-state index is 0.0816. The molecule has 12 heavy (non-hydrogen) atoms. The van der Waals surface area contributed by atoms with Crippen LogP contribution in [-0.2, 0) is 11.1 Å². The normalized spacial score (nSPS) is 13.4. The lowest BCUT2D eigenvalue weighted by Crippen LogP contribution is -1.88. The SMILES string of the molecule is O=S([O-])c1[nH]nc2ncccc12. The van der Waals surface area contributed by atoms with Crippen molar-refractivity contribution in [2.75, 3.05) is 0 Å². The van der Waals surface area contributed by atoms with Gasteiger partial charge >= 0.3 is 0 Å². The largest absolute Gasteiger partial charge is 0.767 e. The molecule has 0 aromatic carbocycles. The van der Waals surface area contributed by atoms with E-state index in [0.29, 0.717) is 11.0 Å². The summed E-state index contributed by atoms with van der Waals surface area (Å²) in [5.74, 6) is 0. The first-order valence-corrected chi connectivity index (χ1v) is 4.25. The monoisotopic (exact) mass is 182 g/mol. The van der Waals surface area contributed by atoms with E-state index in [9.17, 15) is 8.76 Å². The fraction of sp³-hybridized carbons (Fsp3) is 0. The predicted octanol–water partition coefficient (Wildman–Crippen LogP) is 0.196. The number of fused-ring (bicyclic) bond motifs is 1. The molecule has 0 aliphatic rings. The van der Waals surface area contributed by atoms with E-state index < -0.39 is 11.1 Å². The van der Waals surface area contributed by atoms with Gasteiger partial charge in [-0.2, -0.15) is 5.10 Å². The highest BCUT2D eigenvalue weighted by atomic mass is 32.2. The maximum atomic E-state index is 10.6. The molecule has 5 nitrogen and oxygen atoms in total. The van der Waals surface area contributed by atoms with Gasteiger partial charge in [0.05, 0.1) is 5.39 Å². The second kappa shape index (κ2) is 2.65. The standard InChI is InChI=1S/C6H5N3O2S/c10-12(11)6-4-2-1-3-7-5(4)8-9-6/h1-3H,(H,10,11)(H,7,8,9)/p-1. The summed E-state index contributed by atoms with van der Waals surface area (Å²) in [4.78, 5) is 3.87. The van der Waals surface area contributed by atoms with Crippen molar-refractivity contribution in [1.29, 1.82) is 0 Å². The van der Waals surface area contributed by atoms with Crippen molar-refractivity contribution < 1.29 is 8.76 Å². The Balaban J connectivity index is 2.79. The molecule has 2 rings (SSSR count). The second-order valence-electron chi connectivity index (χ2n) is 2.16. The molecule has 0 bridgehead atoms. The van der Waals surface area contributed by atoms with E-state index in [1.165, 1.54) is 0 Å². The number of rotatable bonds is 1. The molecule has 0 aliphatic heterocycles. The van der Waals surface area contributed by atoms with Crippen LogP contribution in [0, 0.1) is 0 Å². The molecule has 2 aromatic heterocycles. The van der Waals surface area contributed by atoms with Crippen LogP contribution in [0.25, 0.3) is 11.0 Å². The Kier molecular flexibility index (Phi) is 1.63. The fourth-order valence-corrected chi connectivity index (χ4v) is 1.41. The van der Waals surface area contributed by atoms with Crippen LogP contribution >= 0.6 is 0 Å². The summed E-state index contributed by atoms with van der Waals surface area (Å²) in [6.07, 6.45) is 1.56. The maximum Gasteiger partial charge on any atom is 0.182 e. The Bertz CT molecular complexity index is 439. The Morgan fingerprint density at radius 1 is 1.58 bits per heavy atom. The first kappa shape index (κ1) is 7.38.